The summed E-state index contributed by atoms with van der Waals surface area (Å²) in [5.41, 5.74) is 1.78. The van der Waals surface area contributed by atoms with Gasteiger partial charge in [0.05, 0.1) is 22.6 Å². The average molecular weight is 546 g/mol. The number of hydrogen-bond donors (Lipinski definition) is 0. The molecule has 2 aliphatic heterocycles. The van der Waals surface area contributed by atoms with E-state index < -0.39 is 0 Å². The largest absolute Gasteiger partial charge is 0.466 e. The Hall–Kier alpha value is -2.41. The van der Waals surface area contributed by atoms with Gasteiger partial charge in [0.15, 0.2) is 0 Å². The number of benzene rings is 2. The molecule has 1 amide bonds. The number of ether oxygens (including phenoxy) is 1. The van der Waals surface area contributed by atoms with Crippen LogP contribution in [0, 0.1) is 5.92 Å². The molecule has 2 aromatic rings. The highest BCUT2D eigenvalue weighted by atomic mass is 35.5. The first-order valence-corrected chi connectivity index (χ1v) is 13.8. The van der Waals surface area contributed by atoms with Crippen molar-refractivity contribution in [1.82, 2.24) is 4.90 Å². The predicted octanol–water partition coefficient (Wildman–Crippen LogP) is 6.73. The van der Waals surface area contributed by atoms with E-state index in [1.54, 1.807) is 17.1 Å². The normalized spacial score (nSPS) is 18.0. The van der Waals surface area contributed by atoms with Crippen molar-refractivity contribution in [3.05, 3.63) is 70.2 Å². The van der Waals surface area contributed by atoms with Crippen molar-refractivity contribution >= 4 is 58.6 Å². The lowest BCUT2D eigenvalue weighted by Crippen LogP contribution is -2.39. The number of carbonyl (C=O) groups excluding carboxylic acids is 2. The van der Waals surface area contributed by atoms with Crippen LogP contribution in [0.3, 0.4) is 0 Å². The molecule has 0 bridgehead atoms. The molecule has 0 radical (unpaired) electrons. The van der Waals surface area contributed by atoms with Crippen molar-refractivity contribution < 1.29 is 14.3 Å². The summed E-state index contributed by atoms with van der Waals surface area (Å²) in [6.07, 6.45) is 10.1. The van der Waals surface area contributed by atoms with E-state index >= 15 is 0 Å². The van der Waals surface area contributed by atoms with Gasteiger partial charge >= 0.3 is 5.97 Å². The van der Waals surface area contributed by atoms with Gasteiger partial charge in [-0.2, -0.15) is 0 Å². The zero-order valence-electron chi connectivity index (χ0n) is 20.3. The molecule has 2 heterocycles. The van der Waals surface area contributed by atoms with Crippen molar-refractivity contribution in [1.29, 1.82) is 0 Å². The summed E-state index contributed by atoms with van der Waals surface area (Å²) in [5.74, 6) is -0.246. The molecule has 190 valence electrons. The Balaban J connectivity index is 1.44. The number of nitrogens with zero attached hydrogens (tertiary/aromatic N) is 2. The minimum absolute atomic E-state index is 0.0373. The summed E-state index contributed by atoms with van der Waals surface area (Å²) in [6, 6.07) is 12.0. The number of piperidine rings is 1. The van der Waals surface area contributed by atoms with Gasteiger partial charge in [0.2, 0.25) is 5.91 Å². The summed E-state index contributed by atoms with van der Waals surface area (Å²) in [7, 11) is 0. The van der Waals surface area contributed by atoms with Gasteiger partial charge in [-0.25, -0.2) is 0 Å². The van der Waals surface area contributed by atoms with E-state index in [2.05, 4.69) is 23.1 Å². The maximum Gasteiger partial charge on any atom is 0.310 e. The zero-order valence-corrected chi connectivity index (χ0v) is 22.6. The van der Waals surface area contributed by atoms with Crippen LogP contribution < -0.4 is 4.90 Å². The van der Waals surface area contributed by atoms with E-state index in [0.717, 1.165) is 47.8 Å². The molecular weight excluding hydrogens is 515 g/mol. The van der Waals surface area contributed by atoms with Gasteiger partial charge in [0, 0.05) is 47.7 Å². The molecule has 36 heavy (non-hydrogen) atoms. The van der Waals surface area contributed by atoms with Crippen LogP contribution in [-0.4, -0.2) is 49.6 Å². The molecule has 0 aliphatic carbocycles. The van der Waals surface area contributed by atoms with Crippen LogP contribution >= 0.6 is 35.0 Å². The molecule has 2 aliphatic rings. The fourth-order valence-corrected chi connectivity index (χ4v) is 5.88. The van der Waals surface area contributed by atoms with E-state index in [1.165, 1.54) is 11.8 Å². The van der Waals surface area contributed by atoms with E-state index in [0.29, 0.717) is 35.3 Å². The van der Waals surface area contributed by atoms with Gasteiger partial charge in [-0.3, -0.25) is 9.59 Å². The Morgan fingerprint density at radius 3 is 2.78 bits per heavy atom. The van der Waals surface area contributed by atoms with Crippen LogP contribution in [-0.2, 0) is 14.3 Å². The number of halogens is 2. The highest BCUT2D eigenvalue weighted by molar-refractivity contribution is 7.99. The Bertz CT molecular complexity index is 1170. The summed E-state index contributed by atoms with van der Waals surface area (Å²) in [5, 5.41) is 0.886. The Morgan fingerprint density at radius 2 is 2.00 bits per heavy atom. The molecule has 0 spiro atoms. The highest BCUT2D eigenvalue weighted by Crippen LogP contribution is 2.40. The van der Waals surface area contributed by atoms with Gasteiger partial charge in [-0.1, -0.05) is 59.2 Å². The van der Waals surface area contributed by atoms with Gasteiger partial charge in [-0.05, 0) is 62.1 Å². The molecule has 0 saturated carbocycles. The van der Waals surface area contributed by atoms with Gasteiger partial charge in [-0.15, -0.1) is 0 Å². The minimum Gasteiger partial charge on any atom is -0.466 e. The van der Waals surface area contributed by atoms with E-state index in [9.17, 15) is 9.59 Å². The van der Waals surface area contributed by atoms with Gasteiger partial charge < -0.3 is 14.5 Å². The first kappa shape index (κ1) is 26.6. The maximum absolute atomic E-state index is 12.4. The molecular formula is C28H30Cl2N2O3S. The molecule has 1 unspecified atom stereocenters. The summed E-state index contributed by atoms with van der Waals surface area (Å²) < 4.78 is 5.24. The number of esters is 1. The predicted molar refractivity (Wildman–Crippen MR) is 148 cm³/mol. The van der Waals surface area contributed by atoms with E-state index in [1.807, 2.05) is 37.3 Å². The average Bonchev–Trinajstić information content (AvgIpc) is 2.91. The highest BCUT2D eigenvalue weighted by Gasteiger charge is 2.27. The van der Waals surface area contributed by atoms with Crippen LogP contribution in [0.15, 0.2) is 64.4 Å². The molecule has 5 nitrogen and oxygen atoms in total. The topological polar surface area (TPSA) is 49.9 Å². The number of amides is 1. The minimum atomic E-state index is -0.113. The van der Waals surface area contributed by atoms with Crippen LogP contribution in [0.5, 0.6) is 0 Å². The van der Waals surface area contributed by atoms with Crippen LogP contribution in [0.1, 0.15) is 31.7 Å². The first-order chi connectivity index (χ1) is 17.5. The zero-order chi connectivity index (χ0) is 25.5. The van der Waals surface area contributed by atoms with Gasteiger partial charge in [0.1, 0.15) is 0 Å². The Kier molecular flexibility index (Phi) is 9.41. The summed E-state index contributed by atoms with van der Waals surface area (Å²) >= 11 is 14.7. The third kappa shape index (κ3) is 6.67. The van der Waals surface area contributed by atoms with Crippen molar-refractivity contribution in [3.63, 3.8) is 0 Å². The van der Waals surface area contributed by atoms with Crippen molar-refractivity contribution in [3.8, 4) is 0 Å². The number of rotatable bonds is 7. The smallest absolute Gasteiger partial charge is 0.310 e. The Morgan fingerprint density at radius 1 is 1.14 bits per heavy atom. The second-order valence-corrected chi connectivity index (χ2v) is 10.7. The third-order valence-corrected chi connectivity index (χ3v) is 8.36. The molecule has 1 fully saturated rings. The third-order valence-electron chi connectivity index (χ3n) is 6.30. The molecule has 1 atom stereocenters. The van der Waals surface area contributed by atoms with Crippen molar-refractivity contribution in [2.75, 3.05) is 37.7 Å². The van der Waals surface area contributed by atoms with Gasteiger partial charge in [0.25, 0.3) is 0 Å². The number of hydrogen-bond acceptors (Lipinski definition) is 5. The molecule has 0 aromatic heterocycles. The lowest BCUT2D eigenvalue weighted by molar-refractivity contribution is -0.148. The summed E-state index contributed by atoms with van der Waals surface area (Å²) in [6.45, 7) is 5.17. The van der Waals surface area contributed by atoms with Crippen LogP contribution in [0.25, 0.3) is 6.08 Å². The molecule has 0 N–H and O–H groups in total. The Labute approximate surface area is 227 Å². The fourth-order valence-electron chi connectivity index (χ4n) is 4.40. The second-order valence-electron chi connectivity index (χ2n) is 8.80. The lowest BCUT2D eigenvalue weighted by Gasteiger charge is -2.33. The molecule has 1 saturated heterocycles. The first-order valence-electron chi connectivity index (χ1n) is 12.3. The fraction of sp³-hybridized carbons (Fsp3) is 0.357. The lowest BCUT2D eigenvalue weighted by atomic mass is 9.97. The molecule has 2 aromatic carbocycles. The molecule has 4 rings (SSSR count). The van der Waals surface area contributed by atoms with Crippen molar-refractivity contribution in [2.45, 2.75) is 36.0 Å². The second kappa shape index (κ2) is 12.7. The number of carbonyl (C=O) groups is 2. The standard InChI is InChI=1S/C28H30Cl2N2O3S/c1-2-35-28(34)21-8-7-17-32(19-21)22-9-6-10-23(18-22)36-24-13-11-20(26(29)27(24)30)12-14-25(33)31-15-4-3-5-16-31/h3-4,6,9-14,18,21H,2,5,7-8,15-17,19H2,1H3/b14-12+. The SMILES string of the molecule is CCOC(=O)C1CCCN(c2cccc(Sc3ccc(/C=C/C(=O)N4CC=CCC4)c(Cl)c3Cl)c2)C1. The molecule has 8 heteroatoms. The van der Waals surface area contributed by atoms with E-state index in [4.69, 9.17) is 27.9 Å². The number of anilines is 1. The monoisotopic (exact) mass is 544 g/mol. The van der Waals surface area contributed by atoms with E-state index in [-0.39, 0.29) is 17.8 Å². The van der Waals surface area contributed by atoms with Crippen LogP contribution in [0.4, 0.5) is 5.69 Å². The maximum atomic E-state index is 12.4. The summed E-state index contributed by atoms with van der Waals surface area (Å²) in [4.78, 5) is 30.6. The quantitative estimate of drug-likeness (QED) is 0.220. The van der Waals surface area contributed by atoms with Crippen molar-refractivity contribution in [2.24, 2.45) is 5.92 Å². The van der Waals surface area contributed by atoms with Crippen LogP contribution in [0.2, 0.25) is 10.0 Å².